The van der Waals surface area contributed by atoms with Crippen molar-refractivity contribution in [3.63, 3.8) is 0 Å². The largest absolute Gasteiger partial charge is 0.326 e. The summed E-state index contributed by atoms with van der Waals surface area (Å²) in [6, 6.07) is 3.30. The number of benzene rings is 1. The highest BCUT2D eigenvalue weighted by Gasteiger charge is 2.34. The normalized spacial score (nSPS) is 19.9. The van der Waals surface area contributed by atoms with Gasteiger partial charge in [-0.2, -0.15) is 17.0 Å². The third kappa shape index (κ3) is 5.75. The summed E-state index contributed by atoms with van der Waals surface area (Å²) in [5.74, 6) is -2.27. The molecule has 10 heteroatoms. The molecule has 1 aliphatic carbocycles. The predicted molar refractivity (Wildman–Crippen MR) is 111 cm³/mol. The van der Waals surface area contributed by atoms with Crippen LogP contribution in [0, 0.1) is 11.6 Å². The lowest BCUT2D eigenvalue weighted by molar-refractivity contribution is -0.116. The Morgan fingerprint density at radius 3 is 2.40 bits per heavy atom. The maximum atomic E-state index is 13.2. The van der Waals surface area contributed by atoms with Crippen molar-refractivity contribution in [2.75, 3.05) is 45.1 Å². The van der Waals surface area contributed by atoms with Gasteiger partial charge in [0, 0.05) is 64.0 Å². The third-order valence-electron chi connectivity index (χ3n) is 5.97. The minimum absolute atomic E-state index is 0.0850. The van der Waals surface area contributed by atoms with Gasteiger partial charge in [-0.15, -0.1) is 0 Å². The van der Waals surface area contributed by atoms with E-state index in [1.54, 1.807) is 7.05 Å². The molecule has 0 unspecified atom stereocenters. The smallest absolute Gasteiger partial charge is 0.282 e. The summed E-state index contributed by atoms with van der Waals surface area (Å²) in [7, 11) is -1.79. The SMILES string of the molecule is CN(C1CCCCC1)S(=O)(=O)N1CCN(CCC(=O)Nc2ccc(F)c(F)c2)CC1. The van der Waals surface area contributed by atoms with Gasteiger partial charge >= 0.3 is 0 Å². The molecule has 1 aromatic carbocycles. The van der Waals surface area contributed by atoms with Crippen LogP contribution < -0.4 is 5.32 Å². The first-order valence-corrected chi connectivity index (χ1v) is 11.9. The molecule has 1 aliphatic heterocycles. The third-order valence-corrected chi connectivity index (χ3v) is 8.01. The molecule has 1 saturated carbocycles. The van der Waals surface area contributed by atoms with Gasteiger partial charge in [0.25, 0.3) is 10.2 Å². The Labute approximate surface area is 177 Å². The van der Waals surface area contributed by atoms with E-state index >= 15 is 0 Å². The number of nitrogens with one attached hydrogen (secondary N) is 1. The molecule has 7 nitrogen and oxygen atoms in total. The van der Waals surface area contributed by atoms with Crippen molar-refractivity contribution in [1.82, 2.24) is 13.5 Å². The van der Waals surface area contributed by atoms with Gasteiger partial charge in [0.1, 0.15) is 0 Å². The number of hydrogen-bond donors (Lipinski definition) is 1. The number of carbonyl (C=O) groups is 1. The van der Waals surface area contributed by atoms with Gasteiger partial charge < -0.3 is 10.2 Å². The summed E-state index contributed by atoms with van der Waals surface area (Å²) in [6.45, 7) is 2.36. The molecule has 2 aliphatic rings. The van der Waals surface area contributed by atoms with Gasteiger partial charge in [0.05, 0.1) is 0 Å². The zero-order chi connectivity index (χ0) is 21.7. The molecule has 0 atom stereocenters. The van der Waals surface area contributed by atoms with Crippen molar-refractivity contribution in [2.45, 2.75) is 44.6 Å². The van der Waals surface area contributed by atoms with Gasteiger partial charge in [-0.05, 0) is 25.0 Å². The maximum Gasteiger partial charge on any atom is 0.282 e. The van der Waals surface area contributed by atoms with Crippen LogP contribution in [0.3, 0.4) is 0 Å². The molecule has 3 rings (SSSR count). The van der Waals surface area contributed by atoms with Gasteiger partial charge in [0.2, 0.25) is 5.91 Å². The average Bonchev–Trinajstić information content (AvgIpc) is 2.75. The van der Waals surface area contributed by atoms with Gasteiger partial charge in [0.15, 0.2) is 11.6 Å². The second-order valence-corrected chi connectivity index (χ2v) is 9.97. The molecule has 168 valence electrons. The lowest BCUT2D eigenvalue weighted by Gasteiger charge is -2.38. The lowest BCUT2D eigenvalue weighted by atomic mass is 9.96. The first kappa shape index (κ1) is 23.1. The second kappa shape index (κ2) is 10.1. The zero-order valence-corrected chi connectivity index (χ0v) is 18.1. The van der Waals surface area contributed by atoms with E-state index in [0.29, 0.717) is 32.7 Å². The van der Waals surface area contributed by atoms with Crippen LogP contribution in [0.25, 0.3) is 0 Å². The lowest BCUT2D eigenvalue weighted by Crippen LogP contribution is -2.54. The van der Waals surface area contributed by atoms with Crippen LogP contribution in [0.4, 0.5) is 14.5 Å². The molecule has 0 radical (unpaired) electrons. The van der Waals surface area contributed by atoms with Crippen molar-refractivity contribution < 1.29 is 22.0 Å². The molecular formula is C20H30F2N4O3S. The monoisotopic (exact) mass is 444 g/mol. The summed E-state index contributed by atoms with van der Waals surface area (Å²) in [6.07, 6.45) is 5.35. The summed E-state index contributed by atoms with van der Waals surface area (Å²) < 4.78 is 55.1. The fraction of sp³-hybridized carbons (Fsp3) is 0.650. The Balaban J connectivity index is 1.43. The first-order valence-electron chi connectivity index (χ1n) is 10.5. The van der Waals surface area contributed by atoms with Crippen molar-refractivity contribution in [3.8, 4) is 0 Å². The summed E-state index contributed by atoms with van der Waals surface area (Å²) >= 11 is 0. The van der Waals surface area contributed by atoms with E-state index in [9.17, 15) is 22.0 Å². The Morgan fingerprint density at radius 1 is 1.10 bits per heavy atom. The summed E-state index contributed by atoms with van der Waals surface area (Å²) in [5, 5.41) is 2.55. The van der Waals surface area contributed by atoms with E-state index in [0.717, 1.165) is 37.8 Å². The highest BCUT2D eigenvalue weighted by atomic mass is 32.2. The minimum Gasteiger partial charge on any atom is -0.326 e. The second-order valence-electron chi connectivity index (χ2n) is 7.98. The number of nitrogens with zero attached hydrogens (tertiary/aromatic N) is 3. The van der Waals surface area contributed by atoms with Crippen molar-refractivity contribution in [2.24, 2.45) is 0 Å². The van der Waals surface area contributed by atoms with Crippen molar-refractivity contribution >= 4 is 21.8 Å². The Morgan fingerprint density at radius 2 is 1.77 bits per heavy atom. The molecule has 0 spiro atoms. The fourth-order valence-corrected chi connectivity index (χ4v) is 5.63. The Kier molecular flexibility index (Phi) is 7.78. The standard InChI is InChI=1S/C20H30F2N4O3S/c1-24(17-5-3-2-4-6-17)30(28,29)26-13-11-25(12-14-26)10-9-20(27)23-16-7-8-18(21)19(22)15-16/h7-8,15,17H,2-6,9-14H2,1H3,(H,23,27). The number of rotatable bonds is 7. The number of anilines is 1. The van der Waals surface area contributed by atoms with E-state index in [2.05, 4.69) is 5.32 Å². The van der Waals surface area contributed by atoms with Crippen LogP contribution in [-0.2, 0) is 15.0 Å². The van der Waals surface area contributed by atoms with E-state index in [1.165, 1.54) is 21.1 Å². The van der Waals surface area contributed by atoms with Crippen LogP contribution in [0.15, 0.2) is 18.2 Å². The van der Waals surface area contributed by atoms with Crippen LogP contribution in [0.2, 0.25) is 0 Å². The fourth-order valence-electron chi connectivity index (χ4n) is 4.06. The highest BCUT2D eigenvalue weighted by Crippen LogP contribution is 2.25. The molecule has 1 amide bonds. The molecule has 1 aromatic rings. The Bertz CT molecular complexity index is 838. The summed E-state index contributed by atoms with van der Waals surface area (Å²) in [5.41, 5.74) is 0.209. The van der Waals surface area contributed by atoms with E-state index in [4.69, 9.17) is 0 Å². The van der Waals surface area contributed by atoms with Gasteiger partial charge in [-0.1, -0.05) is 19.3 Å². The zero-order valence-electron chi connectivity index (χ0n) is 17.3. The first-order chi connectivity index (χ1) is 14.3. The molecule has 1 saturated heterocycles. The highest BCUT2D eigenvalue weighted by molar-refractivity contribution is 7.86. The summed E-state index contributed by atoms with van der Waals surface area (Å²) in [4.78, 5) is 14.1. The number of halogens is 2. The Hall–Kier alpha value is -1.62. The molecule has 30 heavy (non-hydrogen) atoms. The number of carbonyl (C=O) groups excluding carboxylic acids is 1. The number of piperazine rings is 1. The maximum absolute atomic E-state index is 13.2. The van der Waals surface area contributed by atoms with Crippen molar-refractivity contribution in [1.29, 1.82) is 0 Å². The minimum atomic E-state index is -3.47. The van der Waals surface area contributed by atoms with Crippen LogP contribution >= 0.6 is 0 Å². The average molecular weight is 445 g/mol. The van der Waals surface area contributed by atoms with Crippen LogP contribution in [0.5, 0.6) is 0 Å². The molecule has 0 bridgehead atoms. The number of hydrogen-bond acceptors (Lipinski definition) is 4. The van der Waals surface area contributed by atoms with E-state index < -0.39 is 21.8 Å². The molecule has 0 aromatic heterocycles. The molecular weight excluding hydrogens is 414 g/mol. The van der Waals surface area contributed by atoms with E-state index in [-0.39, 0.29) is 24.1 Å². The van der Waals surface area contributed by atoms with Gasteiger partial charge in [-0.3, -0.25) is 4.79 Å². The van der Waals surface area contributed by atoms with Gasteiger partial charge in [-0.25, -0.2) is 8.78 Å². The quantitative estimate of drug-likeness (QED) is 0.701. The van der Waals surface area contributed by atoms with Crippen molar-refractivity contribution in [3.05, 3.63) is 29.8 Å². The van der Waals surface area contributed by atoms with E-state index in [1.807, 2.05) is 4.90 Å². The predicted octanol–water partition coefficient (Wildman–Crippen LogP) is 2.42. The molecule has 1 N–H and O–H groups in total. The molecule has 2 fully saturated rings. The van der Waals surface area contributed by atoms with Crippen LogP contribution in [-0.4, -0.2) is 73.6 Å². The van der Waals surface area contributed by atoms with Crippen LogP contribution in [0.1, 0.15) is 38.5 Å². The molecule has 1 heterocycles. The number of amides is 1. The topological polar surface area (TPSA) is 73.0 Å².